The van der Waals surface area contributed by atoms with Gasteiger partial charge in [-0.3, -0.25) is 14.9 Å². The summed E-state index contributed by atoms with van der Waals surface area (Å²) in [7, 11) is 0. The number of nitro benzene ring substituents is 1. The van der Waals surface area contributed by atoms with Crippen molar-refractivity contribution in [2.45, 2.75) is 26.2 Å². The number of halogens is 2. The van der Waals surface area contributed by atoms with Gasteiger partial charge in [-0.25, -0.2) is 4.39 Å². The van der Waals surface area contributed by atoms with Gasteiger partial charge in [0, 0.05) is 13.1 Å². The van der Waals surface area contributed by atoms with E-state index in [4.69, 9.17) is 0 Å². The fourth-order valence-electron chi connectivity index (χ4n) is 2.59. The molecule has 0 aromatic heterocycles. The number of amides is 1. The van der Waals surface area contributed by atoms with Crippen molar-refractivity contribution in [3.63, 3.8) is 0 Å². The minimum Gasteiger partial charge on any atom is -0.338 e. The van der Waals surface area contributed by atoms with Crippen molar-refractivity contribution in [3.05, 3.63) is 39.4 Å². The van der Waals surface area contributed by atoms with Gasteiger partial charge >= 0.3 is 5.69 Å². The number of carbonyl (C=O) groups is 1. The molecule has 1 fully saturated rings. The van der Waals surface area contributed by atoms with Gasteiger partial charge in [-0.05, 0) is 24.8 Å². The third-order valence-corrected chi connectivity index (χ3v) is 3.85. The largest absolute Gasteiger partial charge is 0.338 e. The van der Waals surface area contributed by atoms with Crippen LogP contribution in [0.3, 0.4) is 0 Å². The molecule has 1 heterocycles. The standard InChI is InChI=1S/C14H16F2N2O3/c1-2-9-4-3-5-17(8-9)14(19)10-6-12(16)13(18(20)21)7-11(10)15/h6-7,9H,2-5,8H2,1H3. The van der Waals surface area contributed by atoms with Crippen LogP contribution in [0, 0.1) is 27.7 Å². The fourth-order valence-corrected chi connectivity index (χ4v) is 2.59. The average Bonchev–Trinajstić information content (AvgIpc) is 2.48. The van der Waals surface area contributed by atoms with Crippen molar-refractivity contribution in [2.75, 3.05) is 13.1 Å². The Balaban J connectivity index is 2.27. The number of nitro groups is 1. The molecule has 0 spiro atoms. The number of hydrogen-bond donors (Lipinski definition) is 0. The lowest BCUT2D eigenvalue weighted by Gasteiger charge is -2.32. The van der Waals surface area contributed by atoms with E-state index in [0.717, 1.165) is 19.3 Å². The first-order chi connectivity index (χ1) is 9.93. The van der Waals surface area contributed by atoms with Crippen LogP contribution in [0.15, 0.2) is 12.1 Å². The maximum Gasteiger partial charge on any atom is 0.307 e. The summed E-state index contributed by atoms with van der Waals surface area (Å²) >= 11 is 0. The number of rotatable bonds is 3. The third-order valence-electron chi connectivity index (χ3n) is 3.85. The maximum absolute atomic E-state index is 13.9. The van der Waals surface area contributed by atoms with Gasteiger partial charge in [-0.15, -0.1) is 0 Å². The van der Waals surface area contributed by atoms with E-state index in [1.54, 1.807) is 0 Å². The van der Waals surface area contributed by atoms with Crippen LogP contribution < -0.4 is 0 Å². The number of nitrogens with zero attached hydrogens (tertiary/aromatic N) is 2. The lowest BCUT2D eigenvalue weighted by atomic mass is 9.95. The van der Waals surface area contributed by atoms with Crippen LogP contribution in [0.2, 0.25) is 0 Å². The van der Waals surface area contributed by atoms with E-state index in [9.17, 15) is 23.7 Å². The summed E-state index contributed by atoms with van der Waals surface area (Å²) in [6.07, 6.45) is 2.75. The molecule has 1 amide bonds. The minimum absolute atomic E-state index is 0.355. The Morgan fingerprint density at radius 1 is 1.43 bits per heavy atom. The molecule has 1 aromatic rings. The first-order valence-corrected chi connectivity index (χ1v) is 6.86. The van der Waals surface area contributed by atoms with Gasteiger partial charge in [-0.2, -0.15) is 4.39 Å². The van der Waals surface area contributed by atoms with Crippen molar-refractivity contribution in [1.29, 1.82) is 0 Å². The summed E-state index contributed by atoms with van der Waals surface area (Å²) in [5, 5.41) is 10.5. The van der Waals surface area contributed by atoms with Crippen LogP contribution in [-0.2, 0) is 0 Å². The van der Waals surface area contributed by atoms with Crippen LogP contribution in [0.4, 0.5) is 14.5 Å². The van der Waals surface area contributed by atoms with Crippen molar-refractivity contribution in [1.82, 2.24) is 4.90 Å². The van der Waals surface area contributed by atoms with Crippen LogP contribution in [0.5, 0.6) is 0 Å². The molecule has 0 bridgehead atoms. The highest BCUT2D eigenvalue weighted by Gasteiger charge is 2.28. The van der Waals surface area contributed by atoms with Crippen molar-refractivity contribution in [3.8, 4) is 0 Å². The Hall–Kier alpha value is -2.05. The van der Waals surface area contributed by atoms with Crippen molar-refractivity contribution in [2.24, 2.45) is 5.92 Å². The first-order valence-electron chi connectivity index (χ1n) is 6.86. The Morgan fingerprint density at radius 2 is 2.14 bits per heavy atom. The molecule has 21 heavy (non-hydrogen) atoms. The zero-order valence-electron chi connectivity index (χ0n) is 11.6. The van der Waals surface area contributed by atoms with Crippen LogP contribution >= 0.6 is 0 Å². The normalized spacial score (nSPS) is 18.6. The summed E-state index contributed by atoms with van der Waals surface area (Å²) < 4.78 is 27.4. The molecule has 1 saturated heterocycles. The molecule has 0 radical (unpaired) electrons. The van der Waals surface area contributed by atoms with E-state index >= 15 is 0 Å². The Morgan fingerprint density at radius 3 is 2.76 bits per heavy atom. The summed E-state index contributed by atoms with van der Waals surface area (Å²) in [6.45, 7) is 3.02. The molecule has 1 unspecified atom stereocenters. The van der Waals surface area contributed by atoms with Crippen molar-refractivity contribution >= 4 is 11.6 Å². The Kier molecular flexibility index (Phi) is 4.50. The summed E-state index contributed by atoms with van der Waals surface area (Å²) in [4.78, 5) is 23.3. The van der Waals surface area contributed by atoms with Gasteiger partial charge < -0.3 is 4.90 Å². The Bertz CT molecular complexity index is 578. The van der Waals surface area contributed by atoms with Gasteiger partial charge in [-0.1, -0.05) is 13.3 Å². The van der Waals surface area contributed by atoms with Gasteiger partial charge in [0.1, 0.15) is 5.82 Å². The molecule has 114 valence electrons. The zero-order chi connectivity index (χ0) is 15.6. The monoisotopic (exact) mass is 298 g/mol. The van der Waals surface area contributed by atoms with Gasteiger partial charge in [0.05, 0.1) is 16.6 Å². The topological polar surface area (TPSA) is 63.5 Å². The predicted octanol–water partition coefficient (Wildman–Crippen LogP) is 3.14. The molecular formula is C14H16F2N2O3. The van der Waals surface area contributed by atoms with Crippen LogP contribution in [0.25, 0.3) is 0 Å². The average molecular weight is 298 g/mol. The lowest BCUT2D eigenvalue weighted by Crippen LogP contribution is -2.40. The molecule has 0 saturated carbocycles. The van der Waals surface area contributed by atoms with Gasteiger partial charge in [0.25, 0.3) is 5.91 Å². The third kappa shape index (κ3) is 3.17. The summed E-state index contributed by atoms with van der Waals surface area (Å²) in [5.74, 6) is -2.52. The minimum atomic E-state index is -1.20. The SMILES string of the molecule is CCC1CCCN(C(=O)c2cc(F)c([N+](=O)[O-])cc2F)C1. The number of hydrogen-bond acceptors (Lipinski definition) is 3. The molecular weight excluding hydrogens is 282 g/mol. The second-order valence-corrected chi connectivity index (χ2v) is 5.21. The molecule has 1 aromatic carbocycles. The summed E-state index contributed by atoms with van der Waals surface area (Å²) in [6, 6.07) is 1.08. The molecule has 2 rings (SSSR count). The van der Waals surface area contributed by atoms with E-state index < -0.39 is 33.7 Å². The van der Waals surface area contributed by atoms with Crippen LogP contribution in [-0.4, -0.2) is 28.8 Å². The van der Waals surface area contributed by atoms with E-state index in [2.05, 4.69) is 0 Å². The van der Waals surface area contributed by atoms with Crippen molar-refractivity contribution < 1.29 is 18.5 Å². The summed E-state index contributed by atoms with van der Waals surface area (Å²) in [5.41, 5.74) is -1.41. The van der Waals surface area contributed by atoms with Gasteiger partial charge in [0.15, 0.2) is 0 Å². The van der Waals surface area contributed by atoms with E-state index in [1.165, 1.54) is 4.90 Å². The molecule has 5 nitrogen and oxygen atoms in total. The quantitative estimate of drug-likeness (QED) is 0.636. The smallest absolute Gasteiger partial charge is 0.307 e. The molecule has 1 aliphatic rings. The number of likely N-dealkylation sites (tertiary alicyclic amines) is 1. The number of piperidine rings is 1. The fraction of sp³-hybridized carbons (Fsp3) is 0.500. The van der Waals surface area contributed by atoms with E-state index in [1.807, 2.05) is 6.92 Å². The molecule has 1 aliphatic heterocycles. The number of benzene rings is 1. The molecule has 1 atom stereocenters. The molecule has 0 aliphatic carbocycles. The van der Waals surface area contributed by atoms with E-state index in [0.29, 0.717) is 31.1 Å². The zero-order valence-corrected chi connectivity index (χ0v) is 11.6. The lowest BCUT2D eigenvalue weighted by molar-refractivity contribution is -0.387. The number of carbonyl (C=O) groups excluding carboxylic acids is 1. The Labute approximate surface area is 120 Å². The van der Waals surface area contributed by atoms with Crippen LogP contribution in [0.1, 0.15) is 36.5 Å². The maximum atomic E-state index is 13.9. The molecule has 7 heteroatoms. The highest BCUT2D eigenvalue weighted by molar-refractivity contribution is 5.94. The molecule has 0 N–H and O–H groups in total. The van der Waals surface area contributed by atoms with Gasteiger partial charge in [0.2, 0.25) is 5.82 Å². The second-order valence-electron chi connectivity index (χ2n) is 5.21. The second kappa shape index (κ2) is 6.15. The highest BCUT2D eigenvalue weighted by Crippen LogP contribution is 2.25. The van der Waals surface area contributed by atoms with E-state index in [-0.39, 0.29) is 0 Å². The highest BCUT2D eigenvalue weighted by atomic mass is 19.1. The predicted molar refractivity (Wildman–Crippen MR) is 71.9 cm³/mol. The first kappa shape index (κ1) is 15.3.